The van der Waals surface area contributed by atoms with Crippen molar-refractivity contribution >= 4 is 38.5 Å². The first kappa shape index (κ1) is 23.7. The molecule has 1 amide bonds. The van der Waals surface area contributed by atoms with Crippen molar-refractivity contribution in [2.24, 2.45) is 0 Å². The van der Waals surface area contributed by atoms with E-state index in [-0.39, 0.29) is 16.8 Å². The summed E-state index contributed by atoms with van der Waals surface area (Å²) in [6, 6.07) is 8.15. The second-order valence-corrected chi connectivity index (χ2v) is 11.1. The number of aromatic nitrogens is 3. The second-order valence-electron chi connectivity index (χ2n) is 9.11. The fourth-order valence-corrected chi connectivity index (χ4v) is 6.33. The van der Waals surface area contributed by atoms with E-state index in [2.05, 4.69) is 30.1 Å². The maximum atomic E-state index is 12.9. The van der Waals surface area contributed by atoms with Crippen molar-refractivity contribution in [1.82, 2.24) is 24.2 Å². The molecule has 1 aromatic carbocycles. The zero-order valence-electron chi connectivity index (χ0n) is 19.9. The Bertz CT molecular complexity index is 1280. The molecule has 1 unspecified atom stereocenters. The first-order valence-electron chi connectivity index (χ1n) is 12.1. The SMILES string of the molecule is CC(C(=O)Nc1ccc(S(=O)(=O)N2CCCCC2)cc1)N1CCN(c2ncnc3[nH]ccc23)CC1. The lowest BCUT2D eigenvalue weighted by Crippen LogP contribution is -2.53. The summed E-state index contributed by atoms with van der Waals surface area (Å²) in [5, 5.41) is 3.93. The summed E-state index contributed by atoms with van der Waals surface area (Å²) in [4.78, 5) is 29.4. The number of aromatic amines is 1. The van der Waals surface area contributed by atoms with Crippen molar-refractivity contribution in [3.63, 3.8) is 0 Å². The highest BCUT2D eigenvalue weighted by Gasteiger charge is 2.28. The topological polar surface area (TPSA) is 115 Å². The molecule has 35 heavy (non-hydrogen) atoms. The summed E-state index contributed by atoms with van der Waals surface area (Å²) in [5.74, 6) is 0.799. The molecule has 3 aromatic rings. The van der Waals surface area contributed by atoms with E-state index in [1.165, 1.54) is 0 Å². The number of carbonyl (C=O) groups excluding carboxylic acids is 1. The number of fused-ring (bicyclic) bond motifs is 1. The Balaban J connectivity index is 1.17. The molecule has 2 fully saturated rings. The molecule has 4 heterocycles. The molecule has 5 rings (SSSR count). The van der Waals surface area contributed by atoms with E-state index in [4.69, 9.17) is 0 Å². The van der Waals surface area contributed by atoms with Gasteiger partial charge in [-0.1, -0.05) is 6.42 Å². The minimum Gasteiger partial charge on any atom is -0.353 e. The van der Waals surface area contributed by atoms with Crippen LogP contribution < -0.4 is 10.2 Å². The van der Waals surface area contributed by atoms with Crippen LogP contribution in [-0.2, 0) is 14.8 Å². The van der Waals surface area contributed by atoms with Gasteiger partial charge in [0.1, 0.15) is 17.8 Å². The monoisotopic (exact) mass is 497 g/mol. The van der Waals surface area contributed by atoms with Crippen LogP contribution >= 0.6 is 0 Å². The van der Waals surface area contributed by atoms with E-state index < -0.39 is 10.0 Å². The summed E-state index contributed by atoms with van der Waals surface area (Å²) in [6.07, 6.45) is 6.30. The number of amides is 1. The van der Waals surface area contributed by atoms with E-state index in [1.54, 1.807) is 34.9 Å². The highest BCUT2D eigenvalue weighted by Crippen LogP contribution is 2.24. The molecule has 2 saturated heterocycles. The number of hydrogen-bond acceptors (Lipinski definition) is 7. The van der Waals surface area contributed by atoms with Gasteiger partial charge in [0.25, 0.3) is 0 Å². The Morgan fingerprint density at radius 2 is 1.69 bits per heavy atom. The van der Waals surface area contributed by atoms with Crippen LogP contribution in [0.5, 0.6) is 0 Å². The smallest absolute Gasteiger partial charge is 0.243 e. The van der Waals surface area contributed by atoms with Crippen LogP contribution in [0.15, 0.2) is 47.8 Å². The van der Waals surface area contributed by atoms with Crippen LogP contribution in [-0.4, -0.2) is 83.8 Å². The Morgan fingerprint density at radius 1 is 0.971 bits per heavy atom. The number of H-pyrrole nitrogens is 1. The largest absolute Gasteiger partial charge is 0.353 e. The van der Waals surface area contributed by atoms with Gasteiger partial charge >= 0.3 is 0 Å². The molecule has 186 valence electrons. The summed E-state index contributed by atoms with van der Waals surface area (Å²) in [7, 11) is -3.48. The normalized spacial score (nSPS) is 19.1. The quantitative estimate of drug-likeness (QED) is 0.537. The lowest BCUT2D eigenvalue weighted by atomic mass is 10.2. The van der Waals surface area contributed by atoms with E-state index in [0.29, 0.717) is 18.8 Å². The highest BCUT2D eigenvalue weighted by molar-refractivity contribution is 7.89. The number of hydrogen-bond donors (Lipinski definition) is 2. The van der Waals surface area contributed by atoms with Crippen LogP contribution in [0.3, 0.4) is 0 Å². The third-order valence-corrected chi connectivity index (χ3v) is 8.86. The van der Waals surface area contributed by atoms with Gasteiger partial charge in [-0.15, -0.1) is 0 Å². The molecule has 0 radical (unpaired) electrons. The predicted octanol–water partition coefficient (Wildman–Crippen LogP) is 2.28. The molecule has 2 N–H and O–H groups in total. The Morgan fingerprint density at radius 3 is 2.40 bits per heavy atom. The standard InChI is InChI=1S/C24H31N7O3S/c1-18(29-13-15-30(16-14-29)23-21-9-10-25-22(21)26-17-27-23)24(32)28-19-5-7-20(8-6-19)35(33,34)31-11-3-2-4-12-31/h5-10,17-18H,2-4,11-16H2,1H3,(H,28,32)(H,25,26,27). The minimum atomic E-state index is -3.48. The van der Waals surface area contributed by atoms with Gasteiger partial charge in [-0.25, -0.2) is 18.4 Å². The van der Waals surface area contributed by atoms with Crippen molar-refractivity contribution in [1.29, 1.82) is 0 Å². The van der Waals surface area contributed by atoms with Crippen molar-refractivity contribution in [2.45, 2.75) is 37.1 Å². The lowest BCUT2D eigenvalue weighted by molar-refractivity contribution is -0.120. The second kappa shape index (κ2) is 9.92. The van der Waals surface area contributed by atoms with Gasteiger partial charge in [-0.05, 0) is 50.1 Å². The van der Waals surface area contributed by atoms with Crippen LogP contribution in [0.1, 0.15) is 26.2 Å². The Kier molecular flexibility index (Phi) is 6.72. The van der Waals surface area contributed by atoms with Crippen LogP contribution in [0.25, 0.3) is 11.0 Å². The van der Waals surface area contributed by atoms with Crippen molar-refractivity contribution in [3.8, 4) is 0 Å². The van der Waals surface area contributed by atoms with Crippen molar-refractivity contribution in [3.05, 3.63) is 42.9 Å². The average molecular weight is 498 g/mol. The molecular weight excluding hydrogens is 466 g/mol. The third kappa shape index (κ3) is 4.89. The van der Waals surface area contributed by atoms with Gasteiger partial charge in [0.05, 0.1) is 16.3 Å². The fourth-order valence-electron chi connectivity index (χ4n) is 4.81. The zero-order valence-corrected chi connectivity index (χ0v) is 20.7. The number of piperazine rings is 1. The first-order valence-corrected chi connectivity index (χ1v) is 13.6. The maximum absolute atomic E-state index is 12.9. The number of nitrogens with one attached hydrogen (secondary N) is 2. The number of piperidine rings is 1. The molecule has 10 nitrogen and oxygen atoms in total. The van der Waals surface area contributed by atoms with E-state index >= 15 is 0 Å². The molecule has 2 aliphatic heterocycles. The number of nitrogens with zero attached hydrogens (tertiary/aromatic N) is 5. The third-order valence-electron chi connectivity index (χ3n) is 6.95. The summed E-state index contributed by atoms with van der Waals surface area (Å²) >= 11 is 0. The Hall–Kier alpha value is -3.02. The van der Waals surface area contributed by atoms with Gasteiger partial charge in [-0.2, -0.15) is 4.31 Å². The molecule has 1 atom stereocenters. The molecule has 0 saturated carbocycles. The molecule has 2 aromatic heterocycles. The predicted molar refractivity (Wildman–Crippen MR) is 135 cm³/mol. The first-order chi connectivity index (χ1) is 16.9. The lowest BCUT2D eigenvalue weighted by Gasteiger charge is -2.38. The van der Waals surface area contributed by atoms with Crippen molar-refractivity contribution in [2.75, 3.05) is 49.5 Å². The molecule has 2 aliphatic rings. The maximum Gasteiger partial charge on any atom is 0.243 e. The van der Waals surface area contributed by atoms with Crippen LogP contribution in [0, 0.1) is 0 Å². The number of benzene rings is 1. The number of rotatable bonds is 6. The summed E-state index contributed by atoms with van der Waals surface area (Å²) in [5.41, 5.74) is 1.41. The van der Waals surface area contributed by atoms with E-state index in [0.717, 1.165) is 62.3 Å². The Labute approximate surface area is 205 Å². The molecule has 0 bridgehead atoms. The van der Waals surface area contributed by atoms with Crippen LogP contribution in [0.4, 0.5) is 11.5 Å². The highest BCUT2D eigenvalue weighted by atomic mass is 32.2. The fraction of sp³-hybridized carbons (Fsp3) is 0.458. The number of anilines is 2. The summed E-state index contributed by atoms with van der Waals surface area (Å²) < 4.78 is 27.2. The minimum absolute atomic E-state index is 0.111. The average Bonchev–Trinajstić information content (AvgIpc) is 3.38. The van der Waals surface area contributed by atoms with Crippen LogP contribution in [0.2, 0.25) is 0 Å². The van der Waals surface area contributed by atoms with E-state index in [1.807, 2.05) is 19.2 Å². The molecule has 0 spiro atoms. The van der Waals surface area contributed by atoms with Crippen molar-refractivity contribution < 1.29 is 13.2 Å². The van der Waals surface area contributed by atoms with Gasteiger partial charge in [-0.3, -0.25) is 9.69 Å². The zero-order chi connectivity index (χ0) is 24.4. The summed E-state index contributed by atoms with van der Waals surface area (Å²) in [6.45, 7) is 6.03. The number of sulfonamides is 1. The van der Waals surface area contributed by atoms with E-state index in [9.17, 15) is 13.2 Å². The molecular formula is C24H31N7O3S. The van der Waals surface area contributed by atoms with Gasteiger partial charge in [0, 0.05) is 51.2 Å². The molecule has 11 heteroatoms. The number of carbonyl (C=O) groups is 1. The van der Waals surface area contributed by atoms with Gasteiger partial charge in [0.2, 0.25) is 15.9 Å². The van der Waals surface area contributed by atoms with Gasteiger partial charge < -0.3 is 15.2 Å². The molecule has 0 aliphatic carbocycles. The van der Waals surface area contributed by atoms with Gasteiger partial charge in [0.15, 0.2) is 0 Å².